The van der Waals surface area contributed by atoms with Gasteiger partial charge in [0, 0.05) is 37.6 Å². The summed E-state index contributed by atoms with van der Waals surface area (Å²) in [6, 6.07) is 17.8. The summed E-state index contributed by atoms with van der Waals surface area (Å²) in [5.74, 6) is 2.26. The van der Waals surface area contributed by atoms with Gasteiger partial charge in [-0.05, 0) is 82.2 Å². The second-order valence-electron chi connectivity index (χ2n) is 10.6. The van der Waals surface area contributed by atoms with Gasteiger partial charge in [-0.15, -0.1) is 0 Å². The molecule has 0 bridgehead atoms. The van der Waals surface area contributed by atoms with Crippen LogP contribution in [-0.2, 0) is 11.3 Å². The van der Waals surface area contributed by atoms with Crippen molar-refractivity contribution in [3.8, 4) is 11.5 Å². The lowest BCUT2D eigenvalue weighted by molar-refractivity contribution is -0.109. The molecule has 0 saturated carbocycles. The fourth-order valence-corrected chi connectivity index (χ4v) is 4.72. The number of unbranched alkanes of at least 4 members (excludes halogenated alkanes) is 1. The van der Waals surface area contributed by atoms with Gasteiger partial charge < -0.3 is 20.5 Å². The van der Waals surface area contributed by atoms with E-state index in [2.05, 4.69) is 91.4 Å². The molecule has 7 nitrogen and oxygen atoms in total. The van der Waals surface area contributed by atoms with Crippen LogP contribution in [0.1, 0.15) is 83.8 Å². The molecule has 7 heteroatoms. The van der Waals surface area contributed by atoms with Gasteiger partial charge >= 0.3 is 0 Å². The van der Waals surface area contributed by atoms with Crippen LogP contribution in [0.4, 0.5) is 0 Å². The van der Waals surface area contributed by atoms with Crippen LogP contribution in [0.15, 0.2) is 65.3 Å². The Morgan fingerprint density at radius 2 is 1.82 bits per heavy atom. The van der Waals surface area contributed by atoms with E-state index in [1.165, 1.54) is 28.8 Å². The van der Waals surface area contributed by atoms with Crippen LogP contribution < -0.4 is 20.5 Å². The van der Waals surface area contributed by atoms with Crippen molar-refractivity contribution in [2.24, 2.45) is 10.7 Å². The van der Waals surface area contributed by atoms with Gasteiger partial charge in [0.05, 0.1) is 0 Å². The van der Waals surface area contributed by atoms with Crippen molar-refractivity contribution in [1.82, 2.24) is 10.2 Å². The van der Waals surface area contributed by atoms with Gasteiger partial charge in [0.15, 0.2) is 11.5 Å². The Hall–Kier alpha value is -3.16. The van der Waals surface area contributed by atoms with Crippen molar-refractivity contribution >= 4 is 12.1 Å². The number of hydrogen-bond donors (Lipinski definition) is 2. The lowest BCUT2D eigenvalue weighted by Crippen LogP contribution is -2.29. The first-order chi connectivity index (χ1) is 19.4. The highest BCUT2D eigenvalue weighted by Gasteiger charge is 2.33. The number of nitrogens with zero attached hydrogens (tertiary/aromatic N) is 2. The van der Waals surface area contributed by atoms with Crippen LogP contribution in [-0.4, -0.2) is 49.5 Å². The topological polar surface area (TPSA) is 89.2 Å². The van der Waals surface area contributed by atoms with Crippen molar-refractivity contribution in [2.75, 3.05) is 26.4 Å². The van der Waals surface area contributed by atoms with E-state index in [-0.39, 0.29) is 0 Å². The molecule has 0 spiro atoms. The quantitative estimate of drug-likeness (QED) is 0.191. The lowest BCUT2D eigenvalue weighted by atomic mass is 9.94. The van der Waals surface area contributed by atoms with E-state index in [0.717, 1.165) is 69.8 Å². The van der Waals surface area contributed by atoms with Crippen molar-refractivity contribution < 1.29 is 14.3 Å². The number of aliphatic imine (C=N–C) groups is 1. The van der Waals surface area contributed by atoms with Crippen LogP contribution in [0.25, 0.3) is 0 Å². The standard InChI is InChI=1S/C26H32N2O2.C5H11NO.C2H7N/c1-19(2)15-27-20(3)9-11-24-13-23(17-28(24)16-21-7-5-4-6-8-21)22-10-12-25-26(14-22)30-18-29-25;1-2-3-4-6-5-7;1-2-3/h4-8,10,12,14-15,23-24H,9,11,13,16-18H2,1-3H3;5H,2-4H2,1H3,(H,6,7);2-3H2,1H3. The number of hydrogen-bond acceptors (Lipinski definition) is 6. The summed E-state index contributed by atoms with van der Waals surface area (Å²) >= 11 is 0. The smallest absolute Gasteiger partial charge is 0.231 e. The number of benzene rings is 2. The number of likely N-dealkylation sites (tertiary alicyclic amines) is 1. The maximum Gasteiger partial charge on any atom is 0.231 e. The Morgan fingerprint density at radius 3 is 2.50 bits per heavy atom. The molecule has 1 amide bonds. The van der Waals surface area contributed by atoms with Crippen molar-refractivity contribution in [3.63, 3.8) is 0 Å². The van der Waals surface area contributed by atoms with Gasteiger partial charge in [-0.25, -0.2) is 0 Å². The number of ether oxygens (including phenoxy) is 2. The molecule has 4 rings (SSSR count). The Morgan fingerprint density at radius 1 is 1.10 bits per heavy atom. The Bertz CT molecular complexity index is 1050. The van der Waals surface area contributed by atoms with Crippen LogP contribution in [0.3, 0.4) is 0 Å². The van der Waals surface area contributed by atoms with Crippen LogP contribution >= 0.6 is 0 Å². The summed E-state index contributed by atoms with van der Waals surface area (Å²) in [5.41, 5.74) is 10.0. The van der Waals surface area contributed by atoms with Crippen LogP contribution in [0.5, 0.6) is 11.5 Å². The van der Waals surface area contributed by atoms with Gasteiger partial charge in [0.25, 0.3) is 0 Å². The summed E-state index contributed by atoms with van der Waals surface area (Å²) < 4.78 is 11.1. The molecule has 2 aromatic rings. The molecular formula is C33H50N4O3. The number of carbonyl (C=O) groups is 1. The van der Waals surface area contributed by atoms with E-state index >= 15 is 0 Å². The minimum absolute atomic E-state index is 0.330. The molecule has 1 saturated heterocycles. The third-order valence-corrected chi connectivity index (χ3v) is 6.76. The second-order valence-corrected chi connectivity index (χ2v) is 10.6. The van der Waals surface area contributed by atoms with E-state index in [1.54, 1.807) is 0 Å². The number of nitrogens with one attached hydrogen (secondary N) is 1. The van der Waals surface area contributed by atoms with E-state index in [4.69, 9.17) is 15.2 Å². The van der Waals surface area contributed by atoms with Crippen LogP contribution in [0, 0.1) is 0 Å². The molecule has 0 radical (unpaired) electrons. The average molecular weight is 551 g/mol. The zero-order valence-electron chi connectivity index (χ0n) is 25.2. The number of amides is 1. The second kappa shape index (κ2) is 19.0. The third kappa shape index (κ3) is 11.9. The lowest BCUT2D eigenvalue weighted by Gasteiger charge is -2.24. The molecule has 2 atom stereocenters. The molecule has 2 aromatic carbocycles. The molecule has 1 fully saturated rings. The predicted octanol–water partition coefficient (Wildman–Crippen LogP) is 6.44. The molecule has 3 N–H and O–H groups in total. The molecule has 220 valence electrons. The molecular weight excluding hydrogens is 500 g/mol. The van der Waals surface area contributed by atoms with Crippen molar-refractivity contribution in [3.05, 3.63) is 71.4 Å². The first kappa shape index (κ1) is 33.0. The highest BCUT2D eigenvalue weighted by atomic mass is 16.7. The minimum Gasteiger partial charge on any atom is -0.454 e. The summed E-state index contributed by atoms with van der Waals surface area (Å²) in [5, 5.41) is 2.57. The number of fused-ring (bicyclic) bond motifs is 1. The van der Waals surface area contributed by atoms with Crippen LogP contribution in [0.2, 0.25) is 0 Å². The highest BCUT2D eigenvalue weighted by molar-refractivity contribution is 5.82. The minimum atomic E-state index is 0.330. The molecule has 2 aliphatic heterocycles. The normalized spacial score (nSPS) is 17.7. The zero-order chi connectivity index (χ0) is 29.2. The van der Waals surface area contributed by atoms with Gasteiger partial charge in [-0.2, -0.15) is 0 Å². The highest BCUT2D eigenvalue weighted by Crippen LogP contribution is 2.39. The molecule has 2 aliphatic rings. The molecule has 40 heavy (non-hydrogen) atoms. The maximum absolute atomic E-state index is 9.57. The fourth-order valence-electron chi connectivity index (χ4n) is 4.72. The molecule has 0 aromatic heterocycles. The van der Waals surface area contributed by atoms with E-state index in [1.807, 2.05) is 13.1 Å². The molecule has 2 unspecified atom stereocenters. The number of rotatable bonds is 11. The summed E-state index contributed by atoms with van der Waals surface area (Å²) in [4.78, 5) is 16.8. The summed E-state index contributed by atoms with van der Waals surface area (Å²) in [6.07, 6.45) is 8.27. The summed E-state index contributed by atoms with van der Waals surface area (Å²) in [6.45, 7) is 14.3. The van der Waals surface area contributed by atoms with Gasteiger partial charge in [-0.3, -0.25) is 14.7 Å². The average Bonchev–Trinajstić information content (AvgIpc) is 3.59. The number of carbonyl (C=O) groups excluding carboxylic acids is 1. The Labute approximate surface area is 241 Å². The van der Waals surface area contributed by atoms with Gasteiger partial charge in [0.2, 0.25) is 13.2 Å². The predicted molar refractivity (Wildman–Crippen MR) is 166 cm³/mol. The van der Waals surface area contributed by atoms with Crippen molar-refractivity contribution in [2.45, 2.75) is 85.2 Å². The Balaban J connectivity index is 0.000000483. The van der Waals surface area contributed by atoms with Gasteiger partial charge in [-0.1, -0.05) is 62.2 Å². The third-order valence-electron chi connectivity index (χ3n) is 6.76. The monoisotopic (exact) mass is 550 g/mol. The first-order valence-electron chi connectivity index (χ1n) is 14.6. The number of nitrogens with two attached hydrogens (primary N) is 1. The van der Waals surface area contributed by atoms with E-state index in [9.17, 15) is 4.79 Å². The SMILES string of the molecule is CC(C)=CN=C(C)CCC1CC(c2ccc3c(c2)OCO3)CN1Cc1ccccc1.CCCCNC=O.CCN. The maximum atomic E-state index is 9.57. The van der Waals surface area contributed by atoms with E-state index < -0.39 is 0 Å². The van der Waals surface area contributed by atoms with E-state index in [0.29, 0.717) is 18.8 Å². The molecule has 2 heterocycles. The largest absolute Gasteiger partial charge is 0.454 e. The van der Waals surface area contributed by atoms with Gasteiger partial charge in [0.1, 0.15) is 0 Å². The summed E-state index contributed by atoms with van der Waals surface area (Å²) in [7, 11) is 0. The van der Waals surface area contributed by atoms with Crippen molar-refractivity contribution in [1.29, 1.82) is 0 Å². The fraction of sp³-hybridized carbons (Fsp3) is 0.515. The zero-order valence-corrected chi connectivity index (χ0v) is 25.2. The first-order valence-corrected chi connectivity index (χ1v) is 14.6. The number of allylic oxidation sites excluding steroid dienone is 1. The Kier molecular flexibility index (Phi) is 15.7. The molecule has 0 aliphatic carbocycles.